The zero-order valence-corrected chi connectivity index (χ0v) is 16.0. The normalized spacial score (nSPS) is 14.0. The van der Waals surface area contributed by atoms with Crippen LogP contribution in [0, 0.1) is 12.8 Å². The van der Waals surface area contributed by atoms with Gasteiger partial charge in [-0.25, -0.2) is 0 Å². The summed E-state index contributed by atoms with van der Waals surface area (Å²) in [6, 6.07) is 4.45. The topological polar surface area (TPSA) is 72.7 Å². The highest BCUT2D eigenvalue weighted by Gasteiger charge is 2.29. The van der Waals surface area contributed by atoms with Crippen LogP contribution in [0.4, 0.5) is 0 Å². The molecule has 0 radical (unpaired) electrons. The minimum Gasteiger partial charge on any atom is -0.350 e. The Labute approximate surface area is 155 Å². The molecule has 1 aliphatic carbocycles. The van der Waals surface area contributed by atoms with Gasteiger partial charge in [0, 0.05) is 31.5 Å². The number of pyridine rings is 1. The smallest absolute Gasteiger partial charge is 0.220 e. The van der Waals surface area contributed by atoms with Crippen molar-refractivity contribution < 1.29 is 4.79 Å². The van der Waals surface area contributed by atoms with E-state index in [0.717, 1.165) is 35.7 Å². The largest absolute Gasteiger partial charge is 0.350 e. The lowest BCUT2D eigenvalue weighted by atomic mass is 10.1. The first-order valence-electron chi connectivity index (χ1n) is 9.64. The van der Waals surface area contributed by atoms with Gasteiger partial charge in [0.1, 0.15) is 11.6 Å². The molecule has 0 atom stereocenters. The maximum Gasteiger partial charge on any atom is 0.220 e. The average molecular weight is 355 g/mol. The first-order chi connectivity index (χ1) is 12.5. The number of nitrogens with one attached hydrogen (secondary N) is 1. The summed E-state index contributed by atoms with van der Waals surface area (Å²) in [6.07, 6.45) is 7.31. The molecule has 1 N–H and O–H groups in total. The summed E-state index contributed by atoms with van der Waals surface area (Å²) in [6.45, 7) is 6.94. The summed E-state index contributed by atoms with van der Waals surface area (Å²) < 4.78 is 2.29. The Morgan fingerprint density at radius 2 is 2.00 bits per heavy atom. The van der Waals surface area contributed by atoms with Gasteiger partial charge in [-0.2, -0.15) is 0 Å². The van der Waals surface area contributed by atoms with Gasteiger partial charge in [0.25, 0.3) is 0 Å². The molecule has 6 heteroatoms. The molecule has 2 aromatic rings. The quantitative estimate of drug-likeness (QED) is 0.750. The lowest BCUT2D eigenvalue weighted by molar-refractivity contribution is -0.121. The summed E-state index contributed by atoms with van der Waals surface area (Å²) in [7, 11) is 0. The Balaban J connectivity index is 1.54. The Kier molecular flexibility index (Phi) is 6.01. The molecule has 0 bridgehead atoms. The molecule has 1 saturated carbocycles. The number of amides is 1. The third kappa shape index (κ3) is 4.90. The number of carbonyl (C=O) groups excluding carboxylic acids is 1. The molecule has 0 unspecified atom stereocenters. The summed E-state index contributed by atoms with van der Waals surface area (Å²) in [5.41, 5.74) is 2.01. The lowest BCUT2D eigenvalue weighted by Crippen LogP contribution is -2.24. The number of rotatable bonds is 9. The predicted octanol–water partition coefficient (Wildman–Crippen LogP) is 3.15. The number of hydrogen-bond acceptors (Lipinski definition) is 4. The second-order valence-corrected chi connectivity index (χ2v) is 7.61. The molecule has 3 rings (SSSR count). The fraction of sp³-hybridized carbons (Fsp3) is 0.600. The minimum atomic E-state index is 0.0316. The molecular formula is C20H29N5O. The molecular weight excluding hydrogens is 326 g/mol. The van der Waals surface area contributed by atoms with Gasteiger partial charge in [0.15, 0.2) is 0 Å². The molecule has 0 saturated heterocycles. The number of nitrogens with zero attached hydrogens (tertiary/aromatic N) is 4. The maximum atomic E-state index is 12.2. The summed E-state index contributed by atoms with van der Waals surface area (Å²) in [5.74, 6) is 2.73. The van der Waals surface area contributed by atoms with Crippen molar-refractivity contribution in [3.8, 4) is 0 Å². The van der Waals surface area contributed by atoms with Gasteiger partial charge in [-0.05, 0) is 43.7 Å². The monoisotopic (exact) mass is 355 g/mol. The van der Waals surface area contributed by atoms with Crippen LogP contribution in [0.3, 0.4) is 0 Å². The van der Waals surface area contributed by atoms with Crippen LogP contribution in [0.5, 0.6) is 0 Å². The van der Waals surface area contributed by atoms with Gasteiger partial charge in [0.05, 0.1) is 12.2 Å². The number of carbonyl (C=O) groups is 1. The molecule has 6 nitrogen and oxygen atoms in total. The second-order valence-electron chi connectivity index (χ2n) is 7.61. The molecule has 26 heavy (non-hydrogen) atoms. The van der Waals surface area contributed by atoms with E-state index in [-0.39, 0.29) is 5.91 Å². The van der Waals surface area contributed by atoms with Crippen molar-refractivity contribution >= 4 is 5.91 Å². The van der Waals surface area contributed by atoms with E-state index in [1.165, 1.54) is 12.8 Å². The molecule has 0 aromatic carbocycles. The summed E-state index contributed by atoms with van der Waals surface area (Å²) in [4.78, 5) is 16.5. The Morgan fingerprint density at radius 1 is 1.27 bits per heavy atom. The molecule has 2 heterocycles. The van der Waals surface area contributed by atoms with Gasteiger partial charge in [-0.1, -0.05) is 19.9 Å². The summed E-state index contributed by atoms with van der Waals surface area (Å²) in [5, 5.41) is 11.7. The molecule has 1 amide bonds. The van der Waals surface area contributed by atoms with Crippen LogP contribution in [0.2, 0.25) is 0 Å². The molecule has 140 valence electrons. The van der Waals surface area contributed by atoms with Crippen molar-refractivity contribution in [2.45, 2.75) is 71.9 Å². The predicted molar refractivity (Wildman–Crippen MR) is 101 cm³/mol. The maximum absolute atomic E-state index is 12.2. The van der Waals surface area contributed by atoms with E-state index < -0.39 is 0 Å². The average Bonchev–Trinajstić information content (AvgIpc) is 3.37. The van der Waals surface area contributed by atoms with Crippen LogP contribution in [0.15, 0.2) is 18.3 Å². The van der Waals surface area contributed by atoms with Crippen molar-refractivity contribution in [2.75, 3.05) is 0 Å². The molecule has 2 aromatic heterocycles. The Bertz CT molecular complexity index is 748. The van der Waals surface area contributed by atoms with E-state index in [1.54, 1.807) is 6.20 Å². The van der Waals surface area contributed by atoms with E-state index in [2.05, 4.69) is 38.9 Å². The zero-order valence-electron chi connectivity index (χ0n) is 16.0. The van der Waals surface area contributed by atoms with Crippen LogP contribution in [0.25, 0.3) is 0 Å². The molecule has 0 spiro atoms. The molecule has 1 aliphatic rings. The van der Waals surface area contributed by atoms with Crippen molar-refractivity contribution in [1.29, 1.82) is 0 Å². The van der Waals surface area contributed by atoms with E-state index >= 15 is 0 Å². The van der Waals surface area contributed by atoms with Gasteiger partial charge in [-0.3, -0.25) is 9.78 Å². The second kappa shape index (κ2) is 8.43. The van der Waals surface area contributed by atoms with Gasteiger partial charge in [0.2, 0.25) is 5.91 Å². The zero-order chi connectivity index (χ0) is 18.5. The van der Waals surface area contributed by atoms with Crippen LogP contribution in [0.1, 0.15) is 68.5 Å². The summed E-state index contributed by atoms with van der Waals surface area (Å²) >= 11 is 0. The van der Waals surface area contributed by atoms with Crippen molar-refractivity contribution in [3.05, 3.63) is 41.2 Å². The van der Waals surface area contributed by atoms with E-state index in [0.29, 0.717) is 31.3 Å². The minimum absolute atomic E-state index is 0.0316. The lowest BCUT2D eigenvalue weighted by Gasteiger charge is -2.10. The molecule has 0 aliphatic heterocycles. The van der Waals surface area contributed by atoms with Crippen LogP contribution < -0.4 is 5.32 Å². The van der Waals surface area contributed by atoms with Crippen molar-refractivity contribution in [1.82, 2.24) is 25.1 Å². The first kappa shape index (κ1) is 18.5. The Hall–Kier alpha value is -2.24. The van der Waals surface area contributed by atoms with Crippen molar-refractivity contribution in [3.63, 3.8) is 0 Å². The first-order valence-corrected chi connectivity index (χ1v) is 9.64. The Morgan fingerprint density at radius 3 is 2.65 bits per heavy atom. The fourth-order valence-corrected chi connectivity index (χ4v) is 3.07. The van der Waals surface area contributed by atoms with Gasteiger partial charge in [-0.15, -0.1) is 10.2 Å². The van der Waals surface area contributed by atoms with Crippen molar-refractivity contribution in [2.24, 2.45) is 5.92 Å². The van der Waals surface area contributed by atoms with Crippen LogP contribution in [-0.4, -0.2) is 25.7 Å². The third-order valence-corrected chi connectivity index (χ3v) is 4.84. The standard InChI is InChI=1S/C20H29N5O/c1-14(2)6-9-18-23-24-19(25(18)16-7-8-16)10-11-20(26)22-13-17-15(3)5-4-12-21-17/h4-5,12,14,16H,6-11,13H2,1-3H3,(H,22,26). The SMILES string of the molecule is Cc1cccnc1CNC(=O)CCc1nnc(CCC(C)C)n1C1CC1. The highest BCUT2D eigenvalue weighted by atomic mass is 16.1. The molecule has 1 fully saturated rings. The highest BCUT2D eigenvalue weighted by Crippen LogP contribution is 2.37. The number of hydrogen-bond donors (Lipinski definition) is 1. The fourth-order valence-electron chi connectivity index (χ4n) is 3.07. The van der Waals surface area contributed by atoms with Crippen LogP contribution >= 0.6 is 0 Å². The van der Waals surface area contributed by atoms with Crippen LogP contribution in [-0.2, 0) is 24.2 Å². The van der Waals surface area contributed by atoms with Gasteiger partial charge >= 0.3 is 0 Å². The number of aromatic nitrogens is 4. The van der Waals surface area contributed by atoms with E-state index in [9.17, 15) is 4.79 Å². The van der Waals surface area contributed by atoms with Gasteiger partial charge < -0.3 is 9.88 Å². The van der Waals surface area contributed by atoms with E-state index in [1.807, 2.05) is 19.1 Å². The number of aryl methyl sites for hydroxylation is 3. The highest BCUT2D eigenvalue weighted by molar-refractivity contribution is 5.76. The third-order valence-electron chi connectivity index (χ3n) is 4.84. The van der Waals surface area contributed by atoms with E-state index in [4.69, 9.17) is 0 Å².